The topological polar surface area (TPSA) is 24.5 Å². The predicted molar refractivity (Wildman–Crippen MR) is 85.6 cm³/mol. The van der Waals surface area contributed by atoms with Gasteiger partial charge in [-0.25, -0.2) is 0 Å². The molecule has 3 nitrogen and oxygen atoms in total. The van der Waals surface area contributed by atoms with E-state index in [0.29, 0.717) is 0 Å². The van der Waals surface area contributed by atoms with E-state index in [1.54, 1.807) is 0 Å². The Labute approximate surface area is 123 Å². The molecule has 1 N–H and O–H groups in total. The first-order valence-electron chi connectivity index (χ1n) is 8.07. The highest BCUT2D eigenvalue weighted by Crippen LogP contribution is 2.16. The fraction of sp³-hybridized carbons (Fsp3) is 0.647. The van der Waals surface area contributed by atoms with Gasteiger partial charge in [0.25, 0.3) is 0 Å². The van der Waals surface area contributed by atoms with Gasteiger partial charge in [-0.3, -0.25) is 0 Å². The van der Waals surface area contributed by atoms with Gasteiger partial charge in [0.1, 0.15) is 5.75 Å². The van der Waals surface area contributed by atoms with Gasteiger partial charge in [0.2, 0.25) is 0 Å². The van der Waals surface area contributed by atoms with Gasteiger partial charge in [-0.05, 0) is 56.6 Å². The van der Waals surface area contributed by atoms with Crippen molar-refractivity contribution < 1.29 is 4.74 Å². The van der Waals surface area contributed by atoms with Crippen LogP contribution in [-0.2, 0) is 0 Å². The Balaban J connectivity index is 1.65. The van der Waals surface area contributed by atoms with Gasteiger partial charge in [-0.15, -0.1) is 0 Å². The molecule has 0 atom stereocenters. The predicted octanol–water partition coefficient (Wildman–Crippen LogP) is 3.76. The number of anilines is 1. The third-order valence-electron chi connectivity index (χ3n) is 3.83. The molecule has 20 heavy (non-hydrogen) atoms. The zero-order valence-electron chi connectivity index (χ0n) is 12.7. The number of rotatable bonds is 8. The minimum atomic E-state index is 0.818. The fourth-order valence-corrected chi connectivity index (χ4v) is 2.54. The van der Waals surface area contributed by atoms with Crippen molar-refractivity contribution in [2.45, 2.75) is 39.0 Å². The van der Waals surface area contributed by atoms with E-state index in [2.05, 4.69) is 41.4 Å². The molecule has 0 saturated carbocycles. The van der Waals surface area contributed by atoms with E-state index < -0.39 is 0 Å². The minimum Gasteiger partial charge on any atom is -0.494 e. The fourth-order valence-electron chi connectivity index (χ4n) is 2.54. The number of piperidine rings is 1. The number of ether oxygens (including phenoxy) is 1. The Kier molecular flexibility index (Phi) is 6.72. The van der Waals surface area contributed by atoms with Crippen molar-refractivity contribution >= 4 is 5.69 Å². The standard InChI is InChI=1S/C17H28N2O/c1-2-3-15-20-17-9-7-16(8-10-17)18-11-14-19-12-5-4-6-13-19/h7-10,18H,2-6,11-15H2,1H3. The van der Waals surface area contributed by atoms with E-state index in [-0.39, 0.29) is 0 Å². The Morgan fingerprint density at radius 2 is 1.85 bits per heavy atom. The first-order valence-corrected chi connectivity index (χ1v) is 8.07. The number of hydrogen-bond acceptors (Lipinski definition) is 3. The van der Waals surface area contributed by atoms with E-state index in [1.165, 1.54) is 44.5 Å². The average molecular weight is 276 g/mol. The number of nitrogens with one attached hydrogen (secondary N) is 1. The summed E-state index contributed by atoms with van der Waals surface area (Å²) in [6.07, 6.45) is 6.43. The molecular formula is C17H28N2O. The highest BCUT2D eigenvalue weighted by molar-refractivity contribution is 5.46. The lowest BCUT2D eigenvalue weighted by molar-refractivity contribution is 0.237. The van der Waals surface area contributed by atoms with Crippen LogP contribution in [0.4, 0.5) is 5.69 Å². The largest absolute Gasteiger partial charge is 0.494 e. The monoisotopic (exact) mass is 276 g/mol. The molecule has 0 amide bonds. The molecule has 0 spiro atoms. The summed E-state index contributed by atoms with van der Waals surface area (Å²) in [7, 11) is 0. The quantitative estimate of drug-likeness (QED) is 0.732. The summed E-state index contributed by atoms with van der Waals surface area (Å²) in [5, 5.41) is 3.49. The van der Waals surface area contributed by atoms with Gasteiger partial charge in [0, 0.05) is 18.8 Å². The van der Waals surface area contributed by atoms with Crippen LogP contribution in [0, 0.1) is 0 Å². The second-order valence-corrected chi connectivity index (χ2v) is 5.56. The third-order valence-corrected chi connectivity index (χ3v) is 3.83. The van der Waals surface area contributed by atoms with Gasteiger partial charge < -0.3 is 15.0 Å². The van der Waals surface area contributed by atoms with Crippen molar-refractivity contribution in [1.82, 2.24) is 4.90 Å². The van der Waals surface area contributed by atoms with E-state index in [9.17, 15) is 0 Å². The van der Waals surface area contributed by atoms with Crippen LogP contribution < -0.4 is 10.1 Å². The molecule has 1 saturated heterocycles. The third kappa shape index (κ3) is 5.41. The maximum absolute atomic E-state index is 5.67. The highest BCUT2D eigenvalue weighted by Gasteiger charge is 2.08. The van der Waals surface area contributed by atoms with Gasteiger partial charge in [0.05, 0.1) is 6.61 Å². The SMILES string of the molecule is CCCCOc1ccc(NCCN2CCCCC2)cc1. The number of unbranched alkanes of at least 4 members (excludes halogenated alkanes) is 1. The first-order chi connectivity index (χ1) is 9.88. The minimum absolute atomic E-state index is 0.818. The molecule has 0 unspecified atom stereocenters. The molecule has 1 aliphatic rings. The summed E-state index contributed by atoms with van der Waals surface area (Å²) in [5.74, 6) is 0.972. The van der Waals surface area contributed by atoms with Crippen LogP contribution in [0.15, 0.2) is 24.3 Å². The van der Waals surface area contributed by atoms with Crippen LogP contribution in [-0.4, -0.2) is 37.7 Å². The second-order valence-electron chi connectivity index (χ2n) is 5.56. The van der Waals surface area contributed by atoms with Crippen molar-refractivity contribution in [1.29, 1.82) is 0 Å². The molecule has 1 aromatic carbocycles. The number of benzene rings is 1. The van der Waals surface area contributed by atoms with E-state index in [0.717, 1.165) is 31.9 Å². The molecule has 0 aromatic heterocycles. The van der Waals surface area contributed by atoms with Crippen LogP contribution in [0.5, 0.6) is 5.75 Å². The summed E-state index contributed by atoms with van der Waals surface area (Å²) in [5.41, 5.74) is 1.19. The van der Waals surface area contributed by atoms with E-state index in [1.807, 2.05) is 0 Å². The lowest BCUT2D eigenvalue weighted by atomic mass is 10.1. The molecule has 112 valence electrons. The molecular weight excluding hydrogens is 248 g/mol. The molecule has 0 aliphatic carbocycles. The maximum atomic E-state index is 5.67. The Morgan fingerprint density at radius 1 is 1.10 bits per heavy atom. The molecule has 1 heterocycles. The zero-order chi connectivity index (χ0) is 14.0. The van der Waals surface area contributed by atoms with Crippen LogP contribution in [0.1, 0.15) is 39.0 Å². The number of nitrogens with zero attached hydrogens (tertiary/aromatic N) is 1. The second kappa shape index (κ2) is 8.85. The molecule has 1 aliphatic heterocycles. The van der Waals surface area contributed by atoms with Gasteiger partial charge in [-0.2, -0.15) is 0 Å². The lowest BCUT2D eigenvalue weighted by Gasteiger charge is -2.26. The zero-order valence-corrected chi connectivity index (χ0v) is 12.7. The summed E-state index contributed by atoms with van der Waals surface area (Å²) >= 11 is 0. The Morgan fingerprint density at radius 3 is 2.55 bits per heavy atom. The molecule has 0 radical (unpaired) electrons. The van der Waals surface area contributed by atoms with Crippen LogP contribution in [0.3, 0.4) is 0 Å². The van der Waals surface area contributed by atoms with Crippen LogP contribution in [0.25, 0.3) is 0 Å². The van der Waals surface area contributed by atoms with E-state index >= 15 is 0 Å². The van der Waals surface area contributed by atoms with Crippen molar-refractivity contribution in [3.05, 3.63) is 24.3 Å². The highest BCUT2D eigenvalue weighted by atomic mass is 16.5. The maximum Gasteiger partial charge on any atom is 0.119 e. The van der Waals surface area contributed by atoms with Gasteiger partial charge in [0.15, 0.2) is 0 Å². The van der Waals surface area contributed by atoms with Crippen molar-refractivity contribution in [3.63, 3.8) is 0 Å². The van der Waals surface area contributed by atoms with Crippen molar-refractivity contribution in [2.24, 2.45) is 0 Å². The molecule has 1 fully saturated rings. The van der Waals surface area contributed by atoms with Crippen molar-refractivity contribution in [3.8, 4) is 5.75 Å². The Bertz CT molecular complexity index is 358. The van der Waals surface area contributed by atoms with Gasteiger partial charge >= 0.3 is 0 Å². The molecule has 3 heteroatoms. The van der Waals surface area contributed by atoms with Crippen molar-refractivity contribution in [2.75, 3.05) is 38.1 Å². The summed E-state index contributed by atoms with van der Waals surface area (Å²) in [6.45, 7) is 7.71. The normalized spacial score (nSPS) is 16.1. The summed E-state index contributed by atoms with van der Waals surface area (Å²) in [4.78, 5) is 2.55. The molecule has 2 rings (SSSR count). The smallest absolute Gasteiger partial charge is 0.119 e. The summed E-state index contributed by atoms with van der Waals surface area (Å²) in [6, 6.07) is 8.33. The number of hydrogen-bond donors (Lipinski definition) is 1. The lowest BCUT2D eigenvalue weighted by Crippen LogP contribution is -2.33. The van der Waals surface area contributed by atoms with Gasteiger partial charge in [-0.1, -0.05) is 19.8 Å². The van der Waals surface area contributed by atoms with Crippen LogP contribution in [0.2, 0.25) is 0 Å². The molecule has 1 aromatic rings. The summed E-state index contributed by atoms with van der Waals surface area (Å²) < 4.78 is 5.67. The average Bonchev–Trinajstić information content (AvgIpc) is 2.50. The molecule has 0 bridgehead atoms. The van der Waals surface area contributed by atoms with E-state index in [4.69, 9.17) is 4.74 Å². The first kappa shape index (κ1) is 15.2. The van der Waals surface area contributed by atoms with Crippen LogP contribution >= 0.6 is 0 Å². The number of likely N-dealkylation sites (tertiary alicyclic amines) is 1. The Hall–Kier alpha value is -1.22.